The monoisotopic (exact) mass is 429 g/mol. The molecule has 1 aromatic rings. The van der Waals surface area contributed by atoms with Crippen molar-refractivity contribution in [3.05, 3.63) is 35.4 Å². The van der Waals surface area contributed by atoms with Crippen LogP contribution < -0.4 is 0 Å². The molecule has 0 N–H and O–H groups in total. The Hall–Kier alpha value is -1.47. The molecule has 1 aliphatic rings. The molecule has 144 valence electrons. The highest BCUT2D eigenvalue weighted by Gasteiger charge is 2.51. The molecule has 0 aromatic heterocycles. The number of rotatable bonds is 4. The molecule has 0 spiro atoms. The van der Waals surface area contributed by atoms with E-state index in [-0.39, 0.29) is 0 Å². The number of aldehydes is 1. The molecular weight excluding hydrogens is 405 g/mol. The van der Waals surface area contributed by atoms with E-state index < -0.39 is 41.1 Å². The Bertz CT molecular complexity index is 656. The van der Waals surface area contributed by atoms with E-state index in [4.69, 9.17) is 9.47 Å². The van der Waals surface area contributed by atoms with Crippen LogP contribution in [0.1, 0.15) is 56.7 Å². The summed E-state index contributed by atoms with van der Waals surface area (Å²) in [6.45, 7) is 7.96. The van der Waals surface area contributed by atoms with Crippen LogP contribution in [0.5, 0.6) is 0 Å². The number of halogens is 2. The van der Waals surface area contributed by atoms with Crippen LogP contribution in [0, 0.1) is 0 Å². The summed E-state index contributed by atoms with van der Waals surface area (Å²) >= 11 is 3.26. The van der Waals surface area contributed by atoms with Crippen LogP contribution in [0.3, 0.4) is 0 Å². The number of carbonyl (C=O) groups excluding carboxylic acids is 2. The SMILES string of the molecule is CC(C)(C)OC(=O)N1[C@H](CF)[C@@H](c2ccc(C(Br)C=O)cc2)OC1(C)C. The van der Waals surface area contributed by atoms with Gasteiger partial charge in [0.15, 0.2) is 0 Å². The third-order valence-electron chi connectivity index (χ3n) is 4.13. The molecule has 2 rings (SSSR count). The maximum atomic E-state index is 13.9. The summed E-state index contributed by atoms with van der Waals surface area (Å²) in [4.78, 5) is 24.4. The molecule has 26 heavy (non-hydrogen) atoms. The van der Waals surface area contributed by atoms with Crippen LogP contribution in [0.2, 0.25) is 0 Å². The minimum atomic E-state index is -1.01. The van der Waals surface area contributed by atoms with E-state index >= 15 is 0 Å². The van der Waals surface area contributed by atoms with Crippen LogP contribution in [0.25, 0.3) is 0 Å². The van der Waals surface area contributed by atoms with E-state index in [9.17, 15) is 14.0 Å². The fourth-order valence-corrected chi connectivity index (χ4v) is 3.34. The average molecular weight is 430 g/mol. The largest absolute Gasteiger partial charge is 0.444 e. The van der Waals surface area contributed by atoms with Gasteiger partial charge in [-0.1, -0.05) is 40.2 Å². The zero-order chi connectivity index (χ0) is 19.7. The van der Waals surface area contributed by atoms with Gasteiger partial charge in [-0.2, -0.15) is 0 Å². The number of carbonyl (C=O) groups is 2. The van der Waals surface area contributed by atoms with Gasteiger partial charge in [-0.3, -0.25) is 4.90 Å². The average Bonchev–Trinajstić information content (AvgIpc) is 2.83. The van der Waals surface area contributed by atoms with Gasteiger partial charge in [-0.15, -0.1) is 0 Å². The summed E-state index contributed by atoms with van der Waals surface area (Å²) in [5.41, 5.74) is -0.167. The molecule has 1 heterocycles. The number of amides is 1. The van der Waals surface area contributed by atoms with E-state index in [1.807, 2.05) is 0 Å². The Morgan fingerprint density at radius 2 is 1.96 bits per heavy atom. The van der Waals surface area contributed by atoms with Gasteiger partial charge in [-0.25, -0.2) is 9.18 Å². The molecule has 5 nitrogen and oxygen atoms in total. The Morgan fingerprint density at radius 3 is 2.42 bits per heavy atom. The van der Waals surface area contributed by atoms with Crippen molar-refractivity contribution < 1.29 is 23.5 Å². The maximum Gasteiger partial charge on any atom is 0.413 e. The van der Waals surface area contributed by atoms with Gasteiger partial charge >= 0.3 is 6.09 Å². The van der Waals surface area contributed by atoms with E-state index in [1.165, 1.54) is 4.90 Å². The molecule has 1 amide bonds. The van der Waals surface area contributed by atoms with Crippen LogP contribution >= 0.6 is 15.9 Å². The van der Waals surface area contributed by atoms with E-state index in [1.54, 1.807) is 58.9 Å². The lowest BCUT2D eigenvalue weighted by molar-refractivity contribution is -0.107. The van der Waals surface area contributed by atoms with Crippen molar-refractivity contribution in [1.29, 1.82) is 0 Å². The first-order valence-corrected chi connectivity index (χ1v) is 9.37. The summed E-state index contributed by atoms with van der Waals surface area (Å²) in [7, 11) is 0. The van der Waals surface area contributed by atoms with Crippen LogP contribution in [-0.4, -0.2) is 41.3 Å². The molecule has 0 radical (unpaired) electrons. The molecule has 1 aromatic carbocycles. The smallest absolute Gasteiger partial charge is 0.413 e. The normalized spacial score (nSPS) is 23.6. The van der Waals surface area contributed by atoms with E-state index in [2.05, 4.69) is 15.9 Å². The standard InChI is InChI=1S/C19H25BrFNO4/c1-18(2,3)26-17(24)22-15(10-21)16(25-19(22,4)5)13-8-6-12(7-9-13)14(20)11-23/h6-9,11,14-16H,10H2,1-5H3/t14?,15-,16-/m1/s1. The van der Waals surface area contributed by atoms with Crippen molar-refractivity contribution in [3.63, 3.8) is 0 Å². The van der Waals surface area contributed by atoms with Crippen molar-refractivity contribution in [2.24, 2.45) is 0 Å². The van der Waals surface area contributed by atoms with Gasteiger partial charge < -0.3 is 14.3 Å². The van der Waals surface area contributed by atoms with E-state index in [0.717, 1.165) is 17.4 Å². The summed E-state index contributed by atoms with van der Waals surface area (Å²) in [5, 5.41) is 0. The lowest BCUT2D eigenvalue weighted by Gasteiger charge is -2.34. The van der Waals surface area contributed by atoms with Gasteiger partial charge in [0.25, 0.3) is 0 Å². The lowest BCUT2D eigenvalue weighted by Crippen LogP contribution is -2.50. The van der Waals surface area contributed by atoms with Crippen LogP contribution in [0.4, 0.5) is 9.18 Å². The summed E-state index contributed by atoms with van der Waals surface area (Å²) in [6.07, 6.45) is -0.439. The Labute approximate surface area is 162 Å². The minimum Gasteiger partial charge on any atom is -0.444 e. The predicted octanol–water partition coefficient (Wildman–Crippen LogP) is 4.70. The highest BCUT2D eigenvalue weighted by atomic mass is 79.9. The van der Waals surface area contributed by atoms with Crippen molar-refractivity contribution in [1.82, 2.24) is 4.90 Å². The Kier molecular flexibility index (Phi) is 6.13. The number of benzene rings is 1. The number of ether oxygens (including phenoxy) is 2. The summed E-state index contributed by atoms with van der Waals surface area (Å²) in [6, 6.07) is 6.34. The minimum absolute atomic E-state index is 0.396. The van der Waals surface area contributed by atoms with Gasteiger partial charge in [0.2, 0.25) is 0 Å². The number of alkyl halides is 2. The van der Waals surface area contributed by atoms with Gasteiger partial charge in [0.05, 0.1) is 10.9 Å². The third-order valence-corrected chi connectivity index (χ3v) is 4.87. The molecule has 0 bridgehead atoms. The van der Waals surface area contributed by atoms with Crippen molar-refractivity contribution in [2.75, 3.05) is 6.67 Å². The van der Waals surface area contributed by atoms with Gasteiger partial charge in [0.1, 0.15) is 30.4 Å². The first kappa shape index (κ1) is 20.8. The molecule has 3 atom stereocenters. The lowest BCUT2D eigenvalue weighted by atomic mass is 10.0. The molecule has 0 saturated carbocycles. The second kappa shape index (κ2) is 7.64. The van der Waals surface area contributed by atoms with Gasteiger partial charge in [-0.05, 0) is 45.7 Å². The molecule has 1 saturated heterocycles. The Morgan fingerprint density at radius 1 is 1.38 bits per heavy atom. The first-order valence-electron chi connectivity index (χ1n) is 8.45. The fourth-order valence-electron chi connectivity index (χ4n) is 3.04. The molecule has 1 unspecified atom stereocenters. The number of hydrogen-bond acceptors (Lipinski definition) is 4. The van der Waals surface area contributed by atoms with Crippen molar-refractivity contribution in [2.45, 2.75) is 62.9 Å². The number of hydrogen-bond donors (Lipinski definition) is 0. The highest BCUT2D eigenvalue weighted by molar-refractivity contribution is 9.09. The Balaban J connectivity index is 2.30. The quantitative estimate of drug-likeness (QED) is 0.513. The van der Waals surface area contributed by atoms with Crippen LogP contribution in [-0.2, 0) is 14.3 Å². The molecule has 0 aliphatic carbocycles. The first-order chi connectivity index (χ1) is 12.0. The zero-order valence-electron chi connectivity index (χ0n) is 15.7. The summed E-state index contributed by atoms with van der Waals surface area (Å²) in [5.74, 6) is 0. The summed E-state index contributed by atoms with van der Waals surface area (Å²) < 4.78 is 25.4. The number of nitrogens with zero attached hydrogens (tertiary/aromatic N) is 1. The van der Waals surface area contributed by atoms with Crippen molar-refractivity contribution >= 4 is 28.3 Å². The zero-order valence-corrected chi connectivity index (χ0v) is 17.2. The second-order valence-electron chi connectivity index (χ2n) is 7.76. The fraction of sp³-hybridized carbons (Fsp3) is 0.579. The van der Waals surface area contributed by atoms with Crippen molar-refractivity contribution in [3.8, 4) is 0 Å². The second-order valence-corrected chi connectivity index (χ2v) is 8.75. The molecular formula is C19H25BrFNO4. The molecule has 7 heteroatoms. The topological polar surface area (TPSA) is 55.8 Å². The maximum absolute atomic E-state index is 13.9. The van der Waals surface area contributed by atoms with Crippen LogP contribution in [0.15, 0.2) is 24.3 Å². The molecule has 1 fully saturated rings. The predicted molar refractivity (Wildman–Crippen MR) is 99.9 cm³/mol. The third kappa shape index (κ3) is 4.43. The highest BCUT2D eigenvalue weighted by Crippen LogP contribution is 2.42. The molecule has 1 aliphatic heterocycles. The van der Waals surface area contributed by atoms with E-state index in [0.29, 0.717) is 0 Å². The van der Waals surface area contributed by atoms with Gasteiger partial charge in [0, 0.05) is 0 Å².